The molecule has 1 aliphatic rings. The van der Waals surface area contributed by atoms with E-state index in [2.05, 4.69) is 25.0 Å². The van der Waals surface area contributed by atoms with E-state index in [1.54, 1.807) is 0 Å². The quantitative estimate of drug-likeness (QED) is 0.668. The minimum Gasteiger partial charge on any atom is -0.448 e. The second-order valence-corrected chi connectivity index (χ2v) is 7.53. The van der Waals surface area contributed by atoms with Gasteiger partial charge in [0.05, 0.1) is 24.0 Å². The number of anilines is 1. The van der Waals surface area contributed by atoms with Gasteiger partial charge in [-0.3, -0.25) is 9.78 Å². The van der Waals surface area contributed by atoms with E-state index in [4.69, 9.17) is 4.42 Å². The number of amides is 1. The van der Waals surface area contributed by atoms with Crippen molar-refractivity contribution in [1.29, 1.82) is 0 Å². The van der Waals surface area contributed by atoms with Crippen LogP contribution >= 0.6 is 0 Å². The molecule has 0 saturated heterocycles. The zero-order valence-corrected chi connectivity index (χ0v) is 15.3. The van der Waals surface area contributed by atoms with Gasteiger partial charge in [-0.2, -0.15) is 8.42 Å². The smallest absolute Gasteiger partial charge is 0.287 e. The summed E-state index contributed by atoms with van der Waals surface area (Å²) >= 11 is 0. The van der Waals surface area contributed by atoms with Crippen molar-refractivity contribution in [1.82, 2.24) is 15.3 Å². The molecule has 9 nitrogen and oxygen atoms in total. The predicted octanol–water partition coefficient (Wildman–Crippen LogP) is 1.53. The molecular weight excluding hydrogens is 382 g/mol. The summed E-state index contributed by atoms with van der Waals surface area (Å²) in [5, 5.41) is 5.40. The number of carbonyl (C=O) groups excluding carboxylic acids is 1. The lowest BCUT2D eigenvalue weighted by molar-refractivity contribution is -0.114. The molecule has 142 valence electrons. The number of rotatable bonds is 5. The topological polar surface area (TPSA) is 127 Å². The Hall–Kier alpha value is -3.53. The molecule has 0 aliphatic carbocycles. The number of nitrogens with zero attached hydrogens (tertiary/aromatic N) is 3. The van der Waals surface area contributed by atoms with Crippen LogP contribution in [0.5, 0.6) is 0 Å². The predicted molar refractivity (Wildman–Crippen MR) is 100 cm³/mol. The molecule has 28 heavy (non-hydrogen) atoms. The van der Waals surface area contributed by atoms with E-state index >= 15 is 0 Å². The highest BCUT2D eigenvalue weighted by molar-refractivity contribution is 7.90. The summed E-state index contributed by atoms with van der Waals surface area (Å²) < 4.78 is 33.5. The van der Waals surface area contributed by atoms with E-state index in [0.29, 0.717) is 5.89 Å². The maximum absolute atomic E-state index is 12.6. The fourth-order valence-electron chi connectivity index (χ4n) is 2.84. The molecule has 0 spiro atoms. The molecule has 0 radical (unpaired) electrons. The zero-order valence-electron chi connectivity index (χ0n) is 14.4. The average Bonchev–Trinajstić information content (AvgIpc) is 3.23. The fourth-order valence-corrected chi connectivity index (χ4v) is 3.92. The number of aromatic nitrogens is 2. The summed E-state index contributed by atoms with van der Waals surface area (Å²) in [5.41, 5.74) is 1.10. The number of hydrogen-bond acceptors (Lipinski definition) is 7. The Morgan fingerprint density at radius 2 is 2.00 bits per heavy atom. The third-order valence-corrected chi connectivity index (χ3v) is 5.49. The van der Waals surface area contributed by atoms with Gasteiger partial charge in [0.15, 0.2) is 0 Å². The van der Waals surface area contributed by atoms with Crippen molar-refractivity contribution in [2.45, 2.75) is 10.8 Å². The normalized spacial score (nSPS) is 15.6. The summed E-state index contributed by atoms with van der Waals surface area (Å²) in [4.78, 5) is 20.6. The molecule has 1 atom stereocenters. The highest BCUT2D eigenvalue weighted by atomic mass is 32.2. The largest absolute Gasteiger partial charge is 0.448 e. The molecule has 1 unspecified atom stereocenters. The first-order valence-electron chi connectivity index (χ1n) is 8.33. The number of pyridine rings is 1. The van der Waals surface area contributed by atoms with Crippen LogP contribution in [0.25, 0.3) is 0 Å². The van der Waals surface area contributed by atoms with E-state index in [1.165, 1.54) is 30.9 Å². The Morgan fingerprint density at radius 3 is 2.75 bits per heavy atom. The first kappa shape index (κ1) is 17.9. The van der Waals surface area contributed by atoms with Crippen molar-refractivity contribution < 1.29 is 17.6 Å². The lowest BCUT2D eigenvalue weighted by Crippen LogP contribution is -2.40. The zero-order chi connectivity index (χ0) is 19.6. The summed E-state index contributed by atoms with van der Waals surface area (Å²) in [5.74, 6) is -0.882. The maximum atomic E-state index is 12.6. The lowest BCUT2D eigenvalue weighted by Gasteiger charge is -2.19. The van der Waals surface area contributed by atoms with Crippen LogP contribution in [0.3, 0.4) is 0 Å². The van der Waals surface area contributed by atoms with Crippen molar-refractivity contribution in [2.24, 2.45) is 4.40 Å². The standard InChI is InChI=1S/C18H15N5O4S/c24-17(16-22-14-11-19-7-6-15(14)28(25,26)23-16)21-10-13(18-20-8-9-27-18)12-4-2-1-3-5-12/h1-9,11,13H,10H2,(H,21,24)(H,22,23). The molecule has 1 amide bonds. The van der Waals surface area contributed by atoms with E-state index in [9.17, 15) is 13.2 Å². The number of amidine groups is 1. The van der Waals surface area contributed by atoms with Crippen molar-refractivity contribution >= 4 is 27.5 Å². The van der Waals surface area contributed by atoms with Gasteiger partial charge < -0.3 is 15.1 Å². The molecular formula is C18H15N5O4S. The first-order valence-corrected chi connectivity index (χ1v) is 9.77. The van der Waals surface area contributed by atoms with Crippen molar-refractivity contribution in [3.63, 3.8) is 0 Å². The van der Waals surface area contributed by atoms with Crippen molar-refractivity contribution in [3.8, 4) is 0 Å². The van der Waals surface area contributed by atoms with Gasteiger partial charge in [0.2, 0.25) is 11.7 Å². The van der Waals surface area contributed by atoms with Crippen LogP contribution in [-0.2, 0) is 14.8 Å². The van der Waals surface area contributed by atoms with Crippen LogP contribution in [0.4, 0.5) is 5.69 Å². The van der Waals surface area contributed by atoms with E-state index in [0.717, 1.165) is 5.56 Å². The number of benzene rings is 1. The number of fused-ring (bicyclic) bond motifs is 1. The minimum absolute atomic E-state index is 0.0269. The van der Waals surface area contributed by atoms with Gasteiger partial charge in [0.25, 0.3) is 15.9 Å². The molecule has 1 aliphatic heterocycles. The van der Waals surface area contributed by atoms with Crippen LogP contribution in [0, 0.1) is 0 Å². The Morgan fingerprint density at radius 1 is 1.18 bits per heavy atom. The van der Waals surface area contributed by atoms with Gasteiger partial charge in [-0.25, -0.2) is 4.98 Å². The van der Waals surface area contributed by atoms with Gasteiger partial charge >= 0.3 is 0 Å². The van der Waals surface area contributed by atoms with E-state index in [1.807, 2.05) is 30.3 Å². The molecule has 1 aromatic carbocycles. The molecule has 2 N–H and O–H groups in total. The maximum Gasteiger partial charge on any atom is 0.287 e. The second-order valence-electron chi connectivity index (χ2n) is 5.96. The van der Waals surface area contributed by atoms with Crippen LogP contribution in [-0.4, -0.2) is 36.7 Å². The molecule has 0 fully saturated rings. The third-order valence-electron chi connectivity index (χ3n) is 4.16. The highest BCUT2D eigenvalue weighted by Crippen LogP contribution is 2.26. The monoisotopic (exact) mass is 397 g/mol. The van der Waals surface area contributed by atoms with Crippen molar-refractivity contribution in [2.75, 3.05) is 11.9 Å². The van der Waals surface area contributed by atoms with Crippen LogP contribution in [0.15, 0.2) is 75.0 Å². The van der Waals surface area contributed by atoms with Gasteiger partial charge in [-0.1, -0.05) is 30.3 Å². The van der Waals surface area contributed by atoms with Crippen LogP contribution in [0.2, 0.25) is 0 Å². The molecule has 3 aromatic rings. The third kappa shape index (κ3) is 3.49. The van der Waals surface area contributed by atoms with E-state index < -0.39 is 15.9 Å². The summed E-state index contributed by atoms with van der Waals surface area (Å²) in [6, 6.07) is 10.7. The van der Waals surface area contributed by atoms with E-state index in [-0.39, 0.29) is 28.9 Å². The minimum atomic E-state index is -3.98. The van der Waals surface area contributed by atoms with Crippen molar-refractivity contribution in [3.05, 3.63) is 72.7 Å². The van der Waals surface area contributed by atoms with Gasteiger partial charge in [0.1, 0.15) is 11.2 Å². The molecule has 3 heterocycles. The summed E-state index contributed by atoms with van der Waals surface area (Å²) in [6.07, 6.45) is 5.65. The van der Waals surface area contributed by atoms with Crippen LogP contribution in [0.1, 0.15) is 17.4 Å². The van der Waals surface area contributed by atoms with Gasteiger partial charge in [0, 0.05) is 12.7 Å². The average molecular weight is 397 g/mol. The Bertz CT molecular complexity index is 1130. The Labute approximate surface area is 160 Å². The first-order chi connectivity index (χ1) is 13.5. The fraction of sp³-hybridized carbons (Fsp3) is 0.111. The molecule has 4 rings (SSSR count). The highest BCUT2D eigenvalue weighted by Gasteiger charge is 2.29. The Kier molecular flexibility index (Phi) is 4.62. The van der Waals surface area contributed by atoms with Crippen LogP contribution < -0.4 is 10.6 Å². The molecule has 0 saturated carbocycles. The number of hydrogen-bond donors (Lipinski definition) is 2. The molecule has 10 heteroatoms. The lowest BCUT2D eigenvalue weighted by atomic mass is 9.99. The Balaban J connectivity index is 1.54. The molecule has 2 aromatic heterocycles. The number of nitrogens with one attached hydrogen (secondary N) is 2. The van der Waals surface area contributed by atoms with Gasteiger partial charge in [-0.15, -0.1) is 4.40 Å². The number of sulfonamides is 1. The summed E-state index contributed by atoms with van der Waals surface area (Å²) in [6.45, 7) is 0.143. The summed E-state index contributed by atoms with van der Waals surface area (Å²) in [7, 11) is -3.98. The number of carbonyl (C=O) groups is 1. The molecule has 0 bridgehead atoms. The van der Waals surface area contributed by atoms with Gasteiger partial charge in [-0.05, 0) is 11.6 Å². The SMILES string of the molecule is O=C(NCC(c1ccccc1)c1ncco1)C1=NS(=O)(=O)c2ccncc2N1. The second kappa shape index (κ2) is 7.24. The number of oxazole rings is 1.